The average Bonchev–Trinajstić information content (AvgIpc) is 2.55. The number of likely N-dealkylation sites (N-methyl/N-ethyl adjacent to an activating group) is 1. The Kier molecular flexibility index (Phi) is 4.03. The Bertz CT molecular complexity index is 653. The smallest absolute Gasteiger partial charge is 1.00 e. The van der Waals surface area contributed by atoms with Gasteiger partial charge in [-0.1, -0.05) is 55.1 Å². The van der Waals surface area contributed by atoms with Crippen molar-refractivity contribution < 1.29 is 13.8 Å². The third kappa shape index (κ3) is 2.17. The van der Waals surface area contributed by atoms with E-state index in [2.05, 4.69) is 67.4 Å². The number of halogens is 1. The van der Waals surface area contributed by atoms with E-state index in [9.17, 15) is 0 Å². The molecule has 2 aromatic rings. The van der Waals surface area contributed by atoms with Gasteiger partial charge < -0.3 is 17.7 Å². The van der Waals surface area contributed by atoms with E-state index < -0.39 is 0 Å². The molecule has 0 aromatic heterocycles. The maximum atomic E-state index is 4.33. The second kappa shape index (κ2) is 5.43. The fraction of sp³-hybridized carbons (Fsp3) is 0.222. The van der Waals surface area contributed by atoms with Gasteiger partial charge >= 0.3 is 1.43 Å². The molecule has 3 rings (SSSR count). The van der Waals surface area contributed by atoms with Crippen molar-refractivity contribution in [2.24, 2.45) is 0 Å². The number of benzene rings is 2. The summed E-state index contributed by atoms with van der Waals surface area (Å²) in [6.07, 6.45) is 0.982. The van der Waals surface area contributed by atoms with E-state index in [1.165, 1.54) is 22.3 Å². The van der Waals surface area contributed by atoms with Crippen LogP contribution in [0.4, 0.5) is 0 Å². The minimum atomic E-state index is -0.0495. The van der Waals surface area contributed by atoms with Crippen LogP contribution in [0.25, 0.3) is 5.57 Å². The Hall–Kier alpha value is -1.57. The molecule has 0 saturated heterocycles. The summed E-state index contributed by atoms with van der Waals surface area (Å²) in [5.41, 5.74) is 6.30. The molecule has 0 saturated carbocycles. The summed E-state index contributed by atoms with van der Waals surface area (Å²) < 4.78 is 0. The molecule has 2 aromatic carbocycles. The van der Waals surface area contributed by atoms with Gasteiger partial charge in [-0.05, 0) is 48.2 Å². The molecule has 0 heterocycles. The van der Waals surface area contributed by atoms with Gasteiger partial charge in [-0.2, -0.15) is 0 Å². The number of nitrogens with one attached hydrogen (secondary N) is 1. The van der Waals surface area contributed by atoms with Gasteiger partial charge in [-0.25, -0.2) is 0 Å². The molecule has 0 amide bonds. The van der Waals surface area contributed by atoms with Gasteiger partial charge in [-0.15, -0.1) is 0 Å². The zero-order valence-electron chi connectivity index (χ0n) is 12.9. The molecule has 1 aliphatic carbocycles. The Morgan fingerprint density at radius 3 is 2.35 bits per heavy atom. The molecule has 20 heavy (non-hydrogen) atoms. The van der Waals surface area contributed by atoms with Crippen LogP contribution in [0.3, 0.4) is 0 Å². The molecule has 0 aliphatic heterocycles. The molecule has 0 fully saturated rings. The lowest BCUT2D eigenvalue weighted by molar-refractivity contribution is -0.00000411. The van der Waals surface area contributed by atoms with Crippen molar-refractivity contribution in [2.75, 3.05) is 7.05 Å². The Labute approximate surface area is 128 Å². The van der Waals surface area contributed by atoms with E-state index in [0.717, 1.165) is 12.0 Å². The van der Waals surface area contributed by atoms with Gasteiger partial charge in [0.15, 0.2) is 0 Å². The number of hydrogen-bond acceptors (Lipinski definition) is 1. The minimum Gasteiger partial charge on any atom is -1.00 e. The maximum absolute atomic E-state index is 4.33. The third-order valence-corrected chi connectivity index (χ3v) is 4.28. The Morgan fingerprint density at radius 1 is 1.05 bits per heavy atom. The summed E-state index contributed by atoms with van der Waals surface area (Å²) in [7, 11) is 2.04. The monoisotopic (exact) mass is 285 g/mol. The van der Waals surface area contributed by atoms with Gasteiger partial charge in [0.05, 0.1) is 0 Å². The van der Waals surface area contributed by atoms with Crippen LogP contribution in [0, 0.1) is 0 Å². The molecule has 104 valence electrons. The van der Waals surface area contributed by atoms with Crippen LogP contribution in [0.15, 0.2) is 55.1 Å². The summed E-state index contributed by atoms with van der Waals surface area (Å²) in [5.74, 6) is 0. The second-order valence-electron chi connectivity index (χ2n) is 5.44. The predicted molar refractivity (Wildman–Crippen MR) is 82.2 cm³/mol. The standard InChI is InChI=1S/C18H19N.ClH/c1-13-15-9-5-4-8-14(15)12-18(2,19-3)17-11-7-6-10-16(13)17;/h4-11,19H,1,12H2,2-3H3;1H. The summed E-state index contributed by atoms with van der Waals surface area (Å²) in [6.45, 7) is 6.59. The predicted octanol–water partition coefficient (Wildman–Crippen LogP) is 0.855. The largest absolute Gasteiger partial charge is 1.00 e. The summed E-state index contributed by atoms with van der Waals surface area (Å²) in [5, 5.41) is 3.50. The molecule has 1 nitrogen and oxygen atoms in total. The zero-order valence-corrected chi connectivity index (χ0v) is 12.7. The molecular weight excluding hydrogens is 266 g/mol. The first-order valence-corrected chi connectivity index (χ1v) is 6.72. The van der Waals surface area contributed by atoms with Gasteiger partial charge in [0, 0.05) is 5.54 Å². The topological polar surface area (TPSA) is 12.0 Å². The lowest BCUT2D eigenvalue weighted by atomic mass is 9.85. The SMILES string of the molecule is C=C1c2ccccc2CC(C)(NC)c2ccccc21.[Cl-].[H+]. The first-order valence-electron chi connectivity index (χ1n) is 6.72. The van der Waals surface area contributed by atoms with E-state index >= 15 is 0 Å². The minimum absolute atomic E-state index is 0. The average molecular weight is 286 g/mol. The normalized spacial score (nSPS) is 20.4. The van der Waals surface area contributed by atoms with E-state index in [1.807, 2.05) is 7.05 Å². The molecule has 0 radical (unpaired) electrons. The molecule has 0 spiro atoms. The Balaban J connectivity index is 0.00000110. The highest BCUT2D eigenvalue weighted by atomic mass is 35.5. The highest BCUT2D eigenvalue weighted by Gasteiger charge is 2.32. The van der Waals surface area contributed by atoms with E-state index in [0.29, 0.717) is 0 Å². The zero-order chi connectivity index (χ0) is 13.5. The molecule has 1 aliphatic rings. The van der Waals surface area contributed by atoms with Crippen LogP contribution >= 0.6 is 0 Å². The van der Waals surface area contributed by atoms with Crippen LogP contribution in [0.1, 0.15) is 30.6 Å². The number of rotatable bonds is 1. The van der Waals surface area contributed by atoms with Crippen molar-refractivity contribution in [1.29, 1.82) is 0 Å². The van der Waals surface area contributed by atoms with Crippen molar-refractivity contribution >= 4 is 5.57 Å². The van der Waals surface area contributed by atoms with Crippen LogP contribution < -0.4 is 17.7 Å². The fourth-order valence-electron chi connectivity index (χ4n) is 3.04. The van der Waals surface area contributed by atoms with Crippen molar-refractivity contribution in [3.8, 4) is 0 Å². The number of hydrogen-bond donors (Lipinski definition) is 1. The summed E-state index contributed by atoms with van der Waals surface area (Å²) in [4.78, 5) is 0. The van der Waals surface area contributed by atoms with Crippen LogP contribution in [-0.4, -0.2) is 7.05 Å². The second-order valence-corrected chi connectivity index (χ2v) is 5.44. The van der Waals surface area contributed by atoms with Crippen LogP contribution in [0.2, 0.25) is 0 Å². The van der Waals surface area contributed by atoms with Gasteiger partial charge in [0.25, 0.3) is 0 Å². The molecule has 1 unspecified atom stereocenters. The summed E-state index contributed by atoms with van der Waals surface area (Å²) in [6, 6.07) is 17.2. The Morgan fingerprint density at radius 2 is 1.65 bits per heavy atom. The van der Waals surface area contributed by atoms with Crippen molar-refractivity contribution in [2.45, 2.75) is 18.9 Å². The lowest BCUT2D eigenvalue weighted by Crippen LogP contribution is -3.00. The van der Waals surface area contributed by atoms with Crippen LogP contribution in [0.5, 0.6) is 0 Å². The van der Waals surface area contributed by atoms with Gasteiger partial charge in [0.1, 0.15) is 0 Å². The van der Waals surface area contributed by atoms with E-state index in [-0.39, 0.29) is 19.4 Å². The first kappa shape index (κ1) is 14.8. The lowest BCUT2D eigenvalue weighted by Gasteiger charge is -2.30. The fourth-order valence-corrected chi connectivity index (χ4v) is 3.04. The van der Waals surface area contributed by atoms with E-state index in [1.54, 1.807) is 0 Å². The highest BCUT2D eigenvalue weighted by Crippen LogP contribution is 2.39. The molecular formula is C18H20ClN. The highest BCUT2D eigenvalue weighted by molar-refractivity contribution is 5.83. The van der Waals surface area contributed by atoms with Crippen molar-refractivity contribution in [1.82, 2.24) is 5.32 Å². The first-order chi connectivity index (χ1) is 9.15. The van der Waals surface area contributed by atoms with Crippen molar-refractivity contribution in [3.05, 3.63) is 77.4 Å². The van der Waals surface area contributed by atoms with E-state index in [4.69, 9.17) is 0 Å². The van der Waals surface area contributed by atoms with Crippen molar-refractivity contribution in [3.63, 3.8) is 0 Å². The quantitative estimate of drug-likeness (QED) is 0.819. The molecule has 1 atom stereocenters. The van der Waals surface area contributed by atoms with Gasteiger partial charge in [-0.3, -0.25) is 0 Å². The molecule has 1 N–H and O–H groups in total. The maximum Gasteiger partial charge on any atom is 1.00 e. The van der Waals surface area contributed by atoms with Crippen LogP contribution in [-0.2, 0) is 12.0 Å². The number of fused-ring (bicyclic) bond motifs is 2. The van der Waals surface area contributed by atoms with Gasteiger partial charge in [0.2, 0.25) is 0 Å². The summed E-state index contributed by atoms with van der Waals surface area (Å²) >= 11 is 0. The molecule has 2 heteroatoms. The third-order valence-electron chi connectivity index (χ3n) is 4.28. The molecule has 0 bridgehead atoms.